The summed E-state index contributed by atoms with van der Waals surface area (Å²) in [7, 11) is 0. The van der Waals surface area contributed by atoms with Crippen molar-refractivity contribution >= 4 is 40.0 Å². The van der Waals surface area contributed by atoms with Crippen LogP contribution in [-0.2, 0) is 0 Å². The molecule has 4 aromatic carbocycles. The van der Waals surface area contributed by atoms with E-state index in [1.165, 1.54) is 0 Å². The summed E-state index contributed by atoms with van der Waals surface area (Å²) in [6, 6.07) is 26.6. The predicted octanol–water partition coefficient (Wildman–Crippen LogP) is 8.12. The number of aryl methyl sites for hydroxylation is 2. The van der Waals surface area contributed by atoms with Crippen molar-refractivity contribution in [3.63, 3.8) is 0 Å². The molecule has 1 heterocycles. The summed E-state index contributed by atoms with van der Waals surface area (Å²) in [6.07, 6.45) is 0. The van der Waals surface area contributed by atoms with Crippen molar-refractivity contribution in [2.45, 2.75) is 13.8 Å². The Labute approximate surface area is 208 Å². The van der Waals surface area contributed by atoms with Gasteiger partial charge in [-0.2, -0.15) is 0 Å². The first kappa shape index (κ1) is 22.3. The Kier molecular flexibility index (Phi) is 5.91. The Morgan fingerprint density at radius 1 is 0.676 bits per heavy atom. The van der Waals surface area contributed by atoms with Crippen molar-refractivity contribution in [2.24, 2.45) is 0 Å². The molecule has 5 rings (SSSR count). The highest BCUT2D eigenvalue weighted by Gasteiger charge is 2.21. The van der Waals surface area contributed by atoms with Crippen molar-refractivity contribution in [2.75, 3.05) is 0 Å². The van der Waals surface area contributed by atoms with Crippen LogP contribution in [0.15, 0.2) is 84.9 Å². The predicted molar refractivity (Wildman–Crippen MR) is 140 cm³/mol. The molecule has 0 N–H and O–H groups in total. The van der Waals surface area contributed by atoms with Gasteiger partial charge in [0.1, 0.15) is 0 Å². The zero-order valence-electron chi connectivity index (χ0n) is 18.6. The van der Waals surface area contributed by atoms with E-state index in [2.05, 4.69) is 0 Å². The average molecular weight is 483 g/mol. The van der Waals surface area contributed by atoms with Crippen LogP contribution in [0.4, 0.5) is 0 Å². The van der Waals surface area contributed by atoms with Crippen molar-refractivity contribution in [1.82, 2.24) is 9.97 Å². The smallest absolute Gasteiger partial charge is 0.193 e. The summed E-state index contributed by atoms with van der Waals surface area (Å²) >= 11 is 12.6. The molecule has 0 aliphatic carbocycles. The average Bonchev–Trinajstić information content (AvgIpc) is 2.85. The summed E-state index contributed by atoms with van der Waals surface area (Å²) in [6.45, 7) is 4.01. The Morgan fingerprint density at radius 3 is 1.91 bits per heavy atom. The van der Waals surface area contributed by atoms with Crippen molar-refractivity contribution in [1.29, 1.82) is 0 Å². The van der Waals surface area contributed by atoms with Crippen LogP contribution in [0.2, 0.25) is 10.0 Å². The van der Waals surface area contributed by atoms with Crippen molar-refractivity contribution < 1.29 is 4.79 Å². The molecule has 0 amide bonds. The lowest BCUT2D eigenvalue weighted by molar-refractivity contribution is 0.103. The van der Waals surface area contributed by atoms with Crippen LogP contribution in [-0.4, -0.2) is 15.8 Å². The molecule has 3 nitrogen and oxygen atoms in total. The molecule has 166 valence electrons. The molecule has 0 saturated carbocycles. The standard InChI is InChI=1S/C29H20Cl2N2O/c1-17-8-11-19(12-9-17)27-28(33-26-16-24(31)23(30)15-25(26)32-27)21-13-10-18(2)14-22(21)29(34)20-6-4-3-5-7-20/h3-16H,1-2H3. The Hall–Kier alpha value is -3.53. The topological polar surface area (TPSA) is 42.9 Å². The van der Waals surface area contributed by atoms with Gasteiger partial charge in [-0.05, 0) is 32.0 Å². The van der Waals surface area contributed by atoms with Gasteiger partial charge in [0, 0.05) is 22.3 Å². The Bertz CT molecular complexity index is 1550. The maximum absolute atomic E-state index is 13.6. The van der Waals surface area contributed by atoms with Crippen LogP contribution in [0.25, 0.3) is 33.5 Å². The van der Waals surface area contributed by atoms with E-state index in [0.29, 0.717) is 43.6 Å². The fourth-order valence-corrected chi connectivity index (χ4v) is 4.27. The summed E-state index contributed by atoms with van der Waals surface area (Å²) in [5.41, 5.74) is 7.49. The zero-order chi connectivity index (χ0) is 23.8. The lowest BCUT2D eigenvalue weighted by atomic mass is 9.92. The van der Waals surface area contributed by atoms with Gasteiger partial charge in [0.2, 0.25) is 0 Å². The summed E-state index contributed by atoms with van der Waals surface area (Å²) in [5, 5.41) is 0.823. The molecule has 34 heavy (non-hydrogen) atoms. The first-order valence-corrected chi connectivity index (χ1v) is 11.6. The fourth-order valence-electron chi connectivity index (χ4n) is 3.95. The zero-order valence-corrected chi connectivity index (χ0v) is 20.2. The highest BCUT2D eigenvalue weighted by Crippen LogP contribution is 2.36. The van der Waals surface area contributed by atoms with Crippen LogP contribution < -0.4 is 0 Å². The van der Waals surface area contributed by atoms with E-state index in [9.17, 15) is 4.79 Å². The quantitative estimate of drug-likeness (QED) is 0.243. The fraction of sp³-hybridized carbons (Fsp3) is 0.0690. The maximum Gasteiger partial charge on any atom is 0.193 e. The van der Waals surface area contributed by atoms with Gasteiger partial charge in [-0.15, -0.1) is 0 Å². The molecule has 0 aliphatic heterocycles. The van der Waals surface area contributed by atoms with Gasteiger partial charge >= 0.3 is 0 Å². The van der Waals surface area contributed by atoms with Gasteiger partial charge in [-0.3, -0.25) is 4.79 Å². The number of benzene rings is 4. The first-order valence-electron chi connectivity index (χ1n) is 10.9. The molecular formula is C29H20Cl2N2O. The SMILES string of the molecule is Cc1ccc(-c2nc3cc(Cl)c(Cl)cc3nc2-c2ccc(C)cc2C(=O)c2ccccc2)cc1. The first-order chi connectivity index (χ1) is 16.4. The minimum atomic E-state index is -0.0646. The summed E-state index contributed by atoms with van der Waals surface area (Å²) < 4.78 is 0. The number of nitrogens with zero attached hydrogens (tertiary/aromatic N) is 2. The molecule has 0 radical (unpaired) electrons. The van der Waals surface area contributed by atoms with Gasteiger partial charge in [0.05, 0.1) is 32.5 Å². The number of carbonyl (C=O) groups is 1. The third kappa shape index (κ3) is 4.21. The minimum absolute atomic E-state index is 0.0646. The number of aromatic nitrogens is 2. The number of hydrogen-bond acceptors (Lipinski definition) is 3. The van der Waals surface area contributed by atoms with E-state index in [-0.39, 0.29) is 5.78 Å². The Balaban J connectivity index is 1.81. The second-order valence-electron chi connectivity index (χ2n) is 8.29. The molecule has 0 unspecified atom stereocenters. The molecule has 0 spiro atoms. The van der Waals surface area contributed by atoms with E-state index in [1.807, 2.05) is 86.6 Å². The second-order valence-corrected chi connectivity index (χ2v) is 9.10. The highest BCUT2D eigenvalue weighted by atomic mass is 35.5. The lowest BCUT2D eigenvalue weighted by Crippen LogP contribution is -2.06. The van der Waals surface area contributed by atoms with Crippen LogP contribution in [0.3, 0.4) is 0 Å². The maximum atomic E-state index is 13.6. The van der Waals surface area contributed by atoms with Gasteiger partial charge in [0.15, 0.2) is 5.78 Å². The molecule has 0 fully saturated rings. The highest BCUT2D eigenvalue weighted by molar-refractivity contribution is 6.42. The lowest BCUT2D eigenvalue weighted by Gasteiger charge is -2.15. The number of fused-ring (bicyclic) bond motifs is 1. The van der Waals surface area contributed by atoms with Crippen molar-refractivity contribution in [3.05, 3.63) is 117 Å². The number of rotatable bonds is 4. The third-order valence-corrected chi connectivity index (χ3v) is 6.46. The van der Waals surface area contributed by atoms with E-state index in [4.69, 9.17) is 33.2 Å². The molecular weight excluding hydrogens is 463 g/mol. The van der Waals surface area contributed by atoms with E-state index < -0.39 is 0 Å². The summed E-state index contributed by atoms with van der Waals surface area (Å²) in [5.74, 6) is -0.0646. The normalized spacial score (nSPS) is 11.1. The molecule has 0 saturated heterocycles. The molecule has 5 heteroatoms. The molecule has 1 aromatic heterocycles. The van der Waals surface area contributed by atoms with E-state index >= 15 is 0 Å². The largest absolute Gasteiger partial charge is 0.289 e. The van der Waals surface area contributed by atoms with Crippen molar-refractivity contribution in [3.8, 4) is 22.5 Å². The van der Waals surface area contributed by atoms with Crippen LogP contribution in [0.5, 0.6) is 0 Å². The van der Waals surface area contributed by atoms with Crippen LogP contribution in [0, 0.1) is 13.8 Å². The van der Waals surface area contributed by atoms with Crippen LogP contribution in [0.1, 0.15) is 27.0 Å². The van der Waals surface area contributed by atoms with Gasteiger partial charge in [0.25, 0.3) is 0 Å². The molecule has 0 atom stereocenters. The van der Waals surface area contributed by atoms with Gasteiger partial charge in [-0.1, -0.05) is 101 Å². The number of halogens is 2. The molecule has 5 aromatic rings. The van der Waals surface area contributed by atoms with E-state index in [1.54, 1.807) is 12.1 Å². The summed E-state index contributed by atoms with van der Waals surface area (Å²) in [4.78, 5) is 23.4. The van der Waals surface area contributed by atoms with Gasteiger partial charge < -0.3 is 0 Å². The minimum Gasteiger partial charge on any atom is -0.289 e. The molecule has 0 aliphatic rings. The number of carbonyl (C=O) groups excluding carboxylic acids is 1. The van der Waals surface area contributed by atoms with Gasteiger partial charge in [-0.25, -0.2) is 9.97 Å². The molecule has 0 bridgehead atoms. The second kappa shape index (κ2) is 9.02. The Morgan fingerprint density at radius 2 is 1.26 bits per heavy atom. The van der Waals surface area contributed by atoms with Crippen LogP contribution >= 0.6 is 23.2 Å². The number of ketones is 1. The monoisotopic (exact) mass is 482 g/mol. The van der Waals surface area contributed by atoms with E-state index in [0.717, 1.165) is 22.3 Å². The third-order valence-electron chi connectivity index (χ3n) is 5.74. The number of hydrogen-bond donors (Lipinski definition) is 0.